The van der Waals surface area contributed by atoms with Gasteiger partial charge < -0.3 is 5.32 Å². The van der Waals surface area contributed by atoms with Gasteiger partial charge in [0.15, 0.2) is 0 Å². The first-order valence-electron chi connectivity index (χ1n) is 12.8. The average Bonchev–Trinajstić information content (AvgIpc) is 3.37. The average molecular weight is 497 g/mol. The Morgan fingerprint density at radius 1 is 0.811 bits per heavy atom. The Hall–Kier alpha value is -3.97. The first-order valence-corrected chi connectivity index (χ1v) is 12.8. The number of likely N-dealkylation sites (tertiary alicyclic amines) is 1. The maximum absolute atomic E-state index is 13.1. The number of fused-ring (bicyclic) bond motifs is 1. The van der Waals surface area contributed by atoms with Gasteiger partial charge in [0.2, 0.25) is 5.91 Å². The van der Waals surface area contributed by atoms with Crippen LogP contribution in [-0.2, 0) is 24.4 Å². The summed E-state index contributed by atoms with van der Waals surface area (Å²) in [4.78, 5) is 41.4. The molecule has 0 spiro atoms. The zero-order valence-electron chi connectivity index (χ0n) is 21.1. The fraction of sp³-hybridized carbons (Fsp3) is 0.300. The third-order valence-electron chi connectivity index (χ3n) is 7.11. The van der Waals surface area contributed by atoms with Crippen molar-refractivity contribution in [2.24, 2.45) is 5.92 Å². The van der Waals surface area contributed by atoms with E-state index in [1.807, 2.05) is 48.5 Å². The van der Waals surface area contributed by atoms with Gasteiger partial charge in [-0.15, -0.1) is 0 Å². The van der Waals surface area contributed by atoms with Gasteiger partial charge in [0.1, 0.15) is 6.54 Å². The Morgan fingerprint density at radius 3 is 2.16 bits per heavy atom. The number of aromatic nitrogens is 2. The van der Waals surface area contributed by atoms with Crippen LogP contribution in [0.2, 0.25) is 0 Å². The van der Waals surface area contributed by atoms with E-state index in [2.05, 4.69) is 41.4 Å². The van der Waals surface area contributed by atoms with Crippen molar-refractivity contribution in [3.8, 4) is 0 Å². The third-order valence-corrected chi connectivity index (χ3v) is 7.11. The van der Waals surface area contributed by atoms with Gasteiger partial charge in [-0.05, 0) is 49.1 Å². The van der Waals surface area contributed by atoms with E-state index >= 15 is 0 Å². The molecule has 7 heteroatoms. The van der Waals surface area contributed by atoms with Crippen molar-refractivity contribution in [2.75, 3.05) is 19.6 Å². The second-order valence-electron chi connectivity index (χ2n) is 9.94. The summed E-state index contributed by atoms with van der Waals surface area (Å²) in [5.41, 5.74) is 3.37. The summed E-state index contributed by atoms with van der Waals surface area (Å²) >= 11 is 0. The minimum absolute atomic E-state index is 0.180. The van der Waals surface area contributed by atoms with E-state index < -0.39 is 11.1 Å². The van der Waals surface area contributed by atoms with Gasteiger partial charge in [0.25, 0.3) is 0 Å². The van der Waals surface area contributed by atoms with Crippen LogP contribution in [0.3, 0.4) is 0 Å². The SMILES string of the molecule is Cc1ccc(CN2CC[C@@H](CNC(=O)Cn3c(=O)c(=O)n(Cc4ccccc4)c4ccccc43)C2)cc1. The number of hydrogen-bond acceptors (Lipinski definition) is 4. The summed E-state index contributed by atoms with van der Waals surface area (Å²) < 4.78 is 2.79. The van der Waals surface area contributed by atoms with Crippen LogP contribution in [0.1, 0.15) is 23.1 Å². The van der Waals surface area contributed by atoms with Gasteiger partial charge in [0.05, 0.1) is 17.6 Å². The fourth-order valence-electron chi connectivity index (χ4n) is 5.08. The molecule has 0 unspecified atom stereocenters. The Bertz CT molecular complexity index is 1510. The summed E-state index contributed by atoms with van der Waals surface area (Å²) in [5.74, 6) is 0.103. The van der Waals surface area contributed by atoms with Crippen LogP contribution in [0, 0.1) is 12.8 Å². The summed E-state index contributed by atoms with van der Waals surface area (Å²) in [6, 6.07) is 25.4. The smallest absolute Gasteiger partial charge is 0.317 e. The zero-order valence-corrected chi connectivity index (χ0v) is 21.1. The summed E-state index contributed by atoms with van der Waals surface area (Å²) in [6.45, 7) is 5.59. The van der Waals surface area contributed by atoms with Crippen LogP contribution in [0.4, 0.5) is 0 Å². The molecule has 1 aromatic heterocycles. The number of nitrogens with one attached hydrogen (secondary N) is 1. The Kier molecular flexibility index (Phi) is 7.32. The van der Waals surface area contributed by atoms with Crippen LogP contribution < -0.4 is 16.4 Å². The number of nitrogens with zero attached hydrogens (tertiary/aromatic N) is 3. The van der Waals surface area contributed by atoms with Crippen LogP contribution in [0.25, 0.3) is 11.0 Å². The maximum Gasteiger partial charge on any atom is 0.317 e. The van der Waals surface area contributed by atoms with E-state index in [1.54, 1.807) is 6.07 Å². The Balaban J connectivity index is 1.25. The van der Waals surface area contributed by atoms with Crippen LogP contribution in [0.5, 0.6) is 0 Å². The number of benzene rings is 3. The lowest BCUT2D eigenvalue weighted by atomic mass is 10.1. The third kappa shape index (κ3) is 5.73. The van der Waals surface area contributed by atoms with Crippen molar-refractivity contribution in [3.63, 3.8) is 0 Å². The molecule has 1 amide bonds. The van der Waals surface area contributed by atoms with Gasteiger partial charge in [0, 0.05) is 19.6 Å². The normalized spacial score (nSPS) is 15.8. The topological polar surface area (TPSA) is 76.3 Å². The number of carbonyl (C=O) groups is 1. The van der Waals surface area contributed by atoms with Gasteiger partial charge in [-0.1, -0.05) is 72.3 Å². The standard InChI is InChI=1S/C30H32N4O3/c1-22-11-13-24(14-12-22)18-32-16-15-25(19-32)17-31-28(35)21-34-27-10-6-5-9-26(27)33(29(36)30(34)37)20-23-7-3-2-4-8-23/h2-14,25H,15-21H2,1H3,(H,31,35)/t25-/m0/s1. The number of hydrogen-bond donors (Lipinski definition) is 1. The zero-order chi connectivity index (χ0) is 25.8. The number of amides is 1. The lowest BCUT2D eigenvalue weighted by Gasteiger charge is -2.17. The molecule has 1 N–H and O–H groups in total. The lowest BCUT2D eigenvalue weighted by molar-refractivity contribution is -0.121. The summed E-state index contributed by atoms with van der Waals surface area (Å²) in [6.07, 6.45) is 1.02. The molecular weight excluding hydrogens is 464 g/mol. The van der Waals surface area contributed by atoms with Crippen molar-refractivity contribution in [1.29, 1.82) is 0 Å². The molecule has 1 fully saturated rings. The molecule has 1 atom stereocenters. The second kappa shape index (κ2) is 11.0. The van der Waals surface area contributed by atoms with Crippen molar-refractivity contribution in [3.05, 3.63) is 116 Å². The van der Waals surface area contributed by atoms with Gasteiger partial charge in [-0.25, -0.2) is 0 Å². The number of carbonyl (C=O) groups excluding carboxylic acids is 1. The van der Waals surface area contributed by atoms with Gasteiger partial charge >= 0.3 is 11.1 Å². The molecule has 1 aliphatic rings. The monoisotopic (exact) mass is 496 g/mol. The molecule has 2 heterocycles. The minimum Gasteiger partial charge on any atom is -0.354 e. The first-order chi connectivity index (χ1) is 18.0. The molecule has 190 valence electrons. The van der Waals surface area contributed by atoms with E-state index in [1.165, 1.54) is 20.3 Å². The summed E-state index contributed by atoms with van der Waals surface area (Å²) in [7, 11) is 0. The highest BCUT2D eigenvalue weighted by molar-refractivity contribution is 5.80. The van der Waals surface area contributed by atoms with E-state index in [0.717, 1.165) is 31.6 Å². The number of para-hydroxylation sites is 2. The minimum atomic E-state index is -0.685. The molecule has 1 saturated heterocycles. The number of rotatable bonds is 8. The highest BCUT2D eigenvalue weighted by Gasteiger charge is 2.23. The van der Waals surface area contributed by atoms with E-state index in [0.29, 0.717) is 30.0 Å². The van der Waals surface area contributed by atoms with Crippen molar-refractivity contribution in [2.45, 2.75) is 33.0 Å². The van der Waals surface area contributed by atoms with Crippen molar-refractivity contribution in [1.82, 2.24) is 19.4 Å². The molecule has 4 aromatic rings. The fourth-order valence-corrected chi connectivity index (χ4v) is 5.08. The highest BCUT2D eigenvalue weighted by atomic mass is 16.2. The first kappa shape index (κ1) is 24.7. The molecule has 3 aromatic carbocycles. The highest BCUT2D eigenvalue weighted by Crippen LogP contribution is 2.18. The van der Waals surface area contributed by atoms with Crippen LogP contribution >= 0.6 is 0 Å². The molecule has 7 nitrogen and oxygen atoms in total. The molecule has 5 rings (SSSR count). The molecular formula is C30H32N4O3. The quantitative estimate of drug-likeness (QED) is 0.380. The maximum atomic E-state index is 13.1. The molecule has 0 bridgehead atoms. The second-order valence-corrected chi connectivity index (χ2v) is 9.94. The molecule has 0 aliphatic carbocycles. The predicted molar refractivity (Wildman–Crippen MR) is 146 cm³/mol. The van der Waals surface area contributed by atoms with Gasteiger partial charge in [-0.3, -0.25) is 28.4 Å². The van der Waals surface area contributed by atoms with Crippen molar-refractivity contribution >= 4 is 16.9 Å². The van der Waals surface area contributed by atoms with Gasteiger partial charge in [-0.2, -0.15) is 0 Å². The molecule has 1 aliphatic heterocycles. The predicted octanol–water partition coefficient (Wildman–Crippen LogP) is 3.16. The largest absolute Gasteiger partial charge is 0.354 e. The summed E-state index contributed by atoms with van der Waals surface area (Å²) in [5, 5.41) is 3.00. The molecule has 0 saturated carbocycles. The number of aryl methyl sites for hydroxylation is 1. The van der Waals surface area contributed by atoms with Crippen molar-refractivity contribution < 1.29 is 4.79 Å². The van der Waals surface area contributed by atoms with Crippen LogP contribution in [-0.4, -0.2) is 39.6 Å². The molecule has 0 radical (unpaired) electrons. The molecule has 37 heavy (non-hydrogen) atoms. The lowest BCUT2D eigenvalue weighted by Crippen LogP contribution is -2.44. The van der Waals surface area contributed by atoms with Crippen LogP contribution in [0.15, 0.2) is 88.5 Å². The Labute approximate surface area is 216 Å². The van der Waals surface area contributed by atoms with E-state index in [-0.39, 0.29) is 12.5 Å². The Morgan fingerprint density at radius 2 is 1.43 bits per heavy atom. The van der Waals surface area contributed by atoms with E-state index in [9.17, 15) is 14.4 Å². The van der Waals surface area contributed by atoms with E-state index in [4.69, 9.17) is 0 Å².